The third-order valence-electron chi connectivity index (χ3n) is 4.57. The number of carbonyl (C=O) groups excluding carboxylic acids is 2. The zero-order valence-corrected chi connectivity index (χ0v) is 16.7. The van der Waals surface area contributed by atoms with Gasteiger partial charge in [0.05, 0.1) is 0 Å². The SMILES string of the molecule is C[C@H](OC(=O)c1csc(-c2cccc(Cl)c2)n1)C(=O)N1CCc2ccccc21. The lowest BCUT2D eigenvalue weighted by Crippen LogP contribution is -2.39. The van der Waals surface area contributed by atoms with Crippen molar-refractivity contribution < 1.29 is 14.3 Å². The second kappa shape index (κ2) is 7.73. The smallest absolute Gasteiger partial charge is 0.358 e. The Morgan fingerprint density at radius 3 is 2.86 bits per heavy atom. The zero-order valence-electron chi connectivity index (χ0n) is 15.1. The molecular weight excluding hydrogens is 396 g/mol. The molecule has 2 aromatic carbocycles. The van der Waals surface area contributed by atoms with Crippen LogP contribution in [0.25, 0.3) is 10.6 Å². The Morgan fingerprint density at radius 2 is 2.04 bits per heavy atom. The number of carbonyl (C=O) groups is 2. The third-order valence-corrected chi connectivity index (χ3v) is 5.70. The maximum Gasteiger partial charge on any atom is 0.358 e. The number of anilines is 1. The van der Waals surface area contributed by atoms with E-state index in [1.807, 2.05) is 36.4 Å². The minimum absolute atomic E-state index is 0.182. The molecule has 0 radical (unpaired) electrons. The summed E-state index contributed by atoms with van der Waals surface area (Å²) in [6, 6.07) is 15.0. The first kappa shape index (κ1) is 18.7. The summed E-state index contributed by atoms with van der Waals surface area (Å²) in [5, 5.41) is 2.89. The molecule has 0 unspecified atom stereocenters. The first-order valence-corrected chi connectivity index (χ1v) is 10.1. The summed E-state index contributed by atoms with van der Waals surface area (Å²) in [4.78, 5) is 31.2. The molecular formula is C21H17ClN2O3S. The van der Waals surface area contributed by atoms with Crippen molar-refractivity contribution in [3.05, 3.63) is 70.2 Å². The van der Waals surface area contributed by atoms with Crippen LogP contribution < -0.4 is 4.90 Å². The molecule has 1 aromatic heterocycles. The summed E-state index contributed by atoms with van der Waals surface area (Å²) in [5.74, 6) is -0.846. The van der Waals surface area contributed by atoms with Gasteiger partial charge < -0.3 is 9.64 Å². The molecule has 0 N–H and O–H groups in total. The minimum Gasteiger partial charge on any atom is -0.448 e. The fourth-order valence-corrected chi connectivity index (χ4v) is 4.16. The Hall–Kier alpha value is -2.70. The van der Waals surface area contributed by atoms with Crippen LogP contribution in [0.4, 0.5) is 5.69 Å². The molecule has 1 aliphatic rings. The Kier molecular flexibility index (Phi) is 5.15. The van der Waals surface area contributed by atoms with Crippen LogP contribution in [0.1, 0.15) is 23.0 Å². The Morgan fingerprint density at radius 1 is 1.21 bits per heavy atom. The average molecular weight is 413 g/mol. The fourth-order valence-electron chi connectivity index (χ4n) is 3.18. The van der Waals surface area contributed by atoms with E-state index in [1.54, 1.807) is 29.3 Å². The number of esters is 1. The molecule has 4 rings (SSSR count). The normalized spacial score (nSPS) is 13.9. The van der Waals surface area contributed by atoms with Gasteiger partial charge in [-0.3, -0.25) is 4.79 Å². The summed E-state index contributed by atoms with van der Waals surface area (Å²) < 4.78 is 5.39. The second-order valence-electron chi connectivity index (χ2n) is 6.46. The molecule has 28 heavy (non-hydrogen) atoms. The largest absolute Gasteiger partial charge is 0.448 e. The van der Waals surface area contributed by atoms with E-state index >= 15 is 0 Å². The molecule has 2 heterocycles. The van der Waals surface area contributed by atoms with Crippen LogP contribution in [-0.4, -0.2) is 29.5 Å². The molecule has 5 nitrogen and oxygen atoms in total. The van der Waals surface area contributed by atoms with E-state index in [9.17, 15) is 9.59 Å². The molecule has 0 saturated heterocycles. The van der Waals surface area contributed by atoms with Gasteiger partial charge in [0, 0.05) is 28.2 Å². The average Bonchev–Trinajstić information content (AvgIpc) is 3.35. The molecule has 142 valence electrons. The van der Waals surface area contributed by atoms with Crippen molar-refractivity contribution in [3.63, 3.8) is 0 Å². The van der Waals surface area contributed by atoms with E-state index in [0.29, 0.717) is 16.6 Å². The Bertz CT molecular complexity index is 1050. The first-order valence-electron chi connectivity index (χ1n) is 8.84. The van der Waals surface area contributed by atoms with Crippen molar-refractivity contribution in [2.45, 2.75) is 19.4 Å². The standard InChI is InChI=1S/C21H17ClN2O3S/c1-13(20(25)24-10-9-14-5-2-3-8-18(14)24)27-21(26)17-12-28-19(23-17)15-6-4-7-16(22)11-15/h2-8,11-13H,9-10H2,1H3/t13-/m0/s1. The highest BCUT2D eigenvalue weighted by atomic mass is 35.5. The number of nitrogens with zero attached hydrogens (tertiary/aromatic N) is 2. The van der Waals surface area contributed by atoms with Gasteiger partial charge in [0.25, 0.3) is 5.91 Å². The number of aromatic nitrogens is 1. The number of rotatable bonds is 4. The Balaban J connectivity index is 1.45. The number of fused-ring (bicyclic) bond motifs is 1. The first-order chi connectivity index (χ1) is 13.5. The maximum atomic E-state index is 12.8. The zero-order chi connectivity index (χ0) is 19.7. The lowest BCUT2D eigenvalue weighted by molar-refractivity contribution is -0.126. The van der Waals surface area contributed by atoms with E-state index in [0.717, 1.165) is 23.2 Å². The number of ether oxygens (including phenoxy) is 1. The monoisotopic (exact) mass is 412 g/mol. The van der Waals surface area contributed by atoms with Crippen LogP contribution in [0, 0.1) is 0 Å². The third kappa shape index (κ3) is 3.66. The minimum atomic E-state index is -0.894. The molecule has 7 heteroatoms. The van der Waals surface area contributed by atoms with E-state index in [1.165, 1.54) is 11.3 Å². The van der Waals surface area contributed by atoms with Crippen molar-refractivity contribution in [2.24, 2.45) is 0 Å². The molecule has 1 amide bonds. The summed E-state index contributed by atoms with van der Waals surface area (Å²) >= 11 is 7.33. The number of thiazole rings is 1. The van der Waals surface area contributed by atoms with Gasteiger partial charge in [-0.15, -0.1) is 11.3 Å². The van der Waals surface area contributed by atoms with Gasteiger partial charge in [0.2, 0.25) is 0 Å². The lowest BCUT2D eigenvalue weighted by atomic mass is 10.2. The highest BCUT2D eigenvalue weighted by Crippen LogP contribution is 2.29. The van der Waals surface area contributed by atoms with E-state index in [4.69, 9.17) is 16.3 Å². The molecule has 3 aromatic rings. The van der Waals surface area contributed by atoms with Gasteiger partial charge in [-0.2, -0.15) is 0 Å². The second-order valence-corrected chi connectivity index (χ2v) is 7.76. The quantitative estimate of drug-likeness (QED) is 0.587. The van der Waals surface area contributed by atoms with E-state index in [2.05, 4.69) is 4.98 Å². The van der Waals surface area contributed by atoms with Crippen LogP contribution in [0.3, 0.4) is 0 Å². The molecule has 0 fully saturated rings. The number of hydrogen-bond donors (Lipinski definition) is 0. The van der Waals surface area contributed by atoms with Crippen LogP contribution in [0.15, 0.2) is 53.9 Å². The van der Waals surface area contributed by atoms with Crippen molar-refractivity contribution in [3.8, 4) is 10.6 Å². The van der Waals surface area contributed by atoms with Crippen LogP contribution in [0.2, 0.25) is 5.02 Å². The number of para-hydroxylation sites is 1. The lowest BCUT2D eigenvalue weighted by Gasteiger charge is -2.21. The Labute approximate surface area is 171 Å². The van der Waals surface area contributed by atoms with Crippen LogP contribution in [-0.2, 0) is 16.0 Å². The van der Waals surface area contributed by atoms with Gasteiger partial charge in [-0.1, -0.05) is 41.9 Å². The van der Waals surface area contributed by atoms with Gasteiger partial charge >= 0.3 is 5.97 Å². The van der Waals surface area contributed by atoms with Gasteiger partial charge in [0.15, 0.2) is 11.8 Å². The maximum absolute atomic E-state index is 12.8. The van der Waals surface area contributed by atoms with Crippen molar-refractivity contribution in [2.75, 3.05) is 11.4 Å². The van der Waals surface area contributed by atoms with Crippen molar-refractivity contribution >= 4 is 40.5 Å². The van der Waals surface area contributed by atoms with Gasteiger partial charge in [0.1, 0.15) is 5.01 Å². The molecule has 0 bridgehead atoms. The van der Waals surface area contributed by atoms with Crippen LogP contribution >= 0.6 is 22.9 Å². The van der Waals surface area contributed by atoms with Crippen LogP contribution in [0.5, 0.6) is 0 Å². The molecule has 1 aliphatic heterocycles. The summed E-state index contributed by atoms with van der Waals surface area (Å²) in [5.41, 5.74) is 3.02. The van der Waals surface area contributed by atoms with E-state index < -0.39 is 12.1 Å². The summed E-state index contributed by atoms with van der Waals surface area (Å²) in [6.45, 7) is 2.18. The number of hydrogen-bond acceptors (Lipinski definition) is 5. The fraction of sp³-hybridized carbons (Fsp3) is 0.190. The van der Waals surface area contributed by atoms with Gasteiger partial charge in [-0.05, 0) is 37.1 Å². The molecule has 0 aliphatic carbocycles. The van der Waals surface area contributed by atoms with E-state index in [-0.39, 0.29) is 11.6 Å². The summed E-state index contributed by atoms with van der Waals surface area (Å²) in [7, 11) is 0. The topological polar surface area (TPSA) is 59.5 Å². The number of benzene rings is 2. The predicted molar refractivity (Wildman–Crippen MR) is 110 cm³/mol. The predicted octanol–water partition coefficient (Wildman–Crippen LogP) is 4.60. The van der Waals surface area contributed by atoms with Crippen molar-refractivity contribution in [1.29, 1.82) is 0 Å². The summed E-state index contributed by atoms with van der Waals surface area (Å²) in [6.07, 6.45) is -0.0903. The van der Waals surface area contributed by atoms with Crippen molar-refractivity contribution in [1.82, 2.24) is 4.98 Å². The molecule has 0 spiro atoms. The van der Waals surface area contributed by atoms with Gasteiger partial charge in [-0.25, -0.2) is 9.78 Å². The molecule has 0 saturated carbocycles. The highest BCUT2D eigenvalue weighted by molar-refractivity contribution is 7.13. The highest BCUT2D eigenvalue weighted by Gasteiger charge is 2.30. The number of amides is 1. The molecule has 1 atom stereocenters. The number of halogens is 1.